The number of thiazole rings is 1. The van der Waals surface area contributed by atoms with Crippen LogP contribution in [0.3, 0.4) is 0 Å². The monoisotopic (exact) mass is 342 g/mol. The Morgan fingerprint density at radius 2 is 2.24 bits per heavy atom. The first-order chi connectivity index (χ1) is 10.1. The predicted molar refractivity (Wildman–Crippen MR) is 81.2 cm³/mol. The average molecular weight is 343 g/mol. The van der Waals surface area contributed by atoms with Crippen LogP contribution in [0.2, 0.25) is 5.15 Å². The maximum Gasteiger partial charge on any atom is 0.259 e. The number of hydrogen-bond donors (Lipinski definition) is 1. The molecule has 0 aliphatic heterocycles. The van der Waals surface area contributed by atoms with Gasteiger partial charge < -0.3 is 0 Å². The molecule has 9 heteroatoms. The van der Waals surface area contributed by atoms with Crippen LogP contribution in [0.5, 0.6) is 0 Å². The fraction of sp³-hybridized carbons (Fsp3) is 0.167. The van der Waals surface area contributed by atoms with E-state index < -0.39 is 10.0 Å². The molecule has 3 rings (SSSR count). The summed E-state index contributed by atoms with van der Waals surface area (Å²) >= 11 is 7.26. The highest BCUT2D eigenvalue weighted by molar-refractivity contribution is 7.89. The van der Waals surface area contributed by atoms with Crippen molar-refractivity contribution in [1.29, 1.82) is 0 Å². The third-order valence-corrected chi connectivity index (χ3v) is 5.45. The number of rotatable bonds is 5. The lowest BCUT2D eigenvalue weighted by molar-refractivity contribution is 0.576. The highest BCUT2D eigenvalue weighted by atomic mass is 35.5. The van der Waals surface area contributed by atoms with Crippen LogP contribution >= 0.6 is 22.9 Å². The summed E-state index contributed by atoms with van der Waals surface area (Å²) in [5, 5.41) is 1.71. The molecule has 3 aromatic heterocycles. The molecule has 0 amide bonds. The first kappa shape index (κ1) is 14.5. The fourth-order valence-corrected chi connectivity index (χ4v) is 4.39. The quantitative estimate of drug-likeness (QED) is 0.769. The molecule has 6 nitrogen and oxygen atoms in total. The Bertz CT molecular complexity index is 858. The van der Waals surface area contributed by atoms with Gasteiger partial charge in [-0.15, -0.1) is 11.3 Å². The van der Waals surface area contributed by atoms with Crippen LogP contribution in [0.1, 0.15) is 5.69 Å². The van der Waals surface area contributed by atoms with Crippen LogP contribution in [-0.2, 0) is 16.4 Å². The number of nitrogens with one attached hydrogen (secondary N) is 1. The molecule has 0 bridgehead atoms. The second kappa shape index (κ2) is 5.72. The minimum Gasteiger partial charge on any atom is -0.279 e. The van der Waals surface area contributed by atoms with E-state index in [-0.39, 0.29) is 16.7 Å². The lowest BCUT2D eigenvalue weighted by atomic mass is 10.3. The summed E-state index contributed by atoms with van der Waals surface area (Å²) in [6.07, 6.45) is 3.81. The Balaban J connectivity index is 1.78. The molecule has 3 heterocycles. The Kier molecular flexibility index (Phi) is 3.94. The minimum atomic E-state index is -3.72. The largest absolute Gasteiger partial charge is 0.279 e. The third-order valence-electron chi connectivity index (χ3n) is 2.83. The summed E-state index contributed by atoms with van der Waals surface area (Å²) in [6, 6.07) is 5.52. The molecule has 0 saturated carbocycles. The summed E-state index contributed by atoms with van der Waals surface area (Å²) in [6.45, 7) is 0.243. The molecular weight excluding hydrogens is 332 g/mol. The first-order valence-electron chi connectivity index (χ1n) is 6.08. The average Bonchev–Trinajstić information content (AvgIpc) is 2.99. The molecule has 0 fully saturated rings. The zero-order chi connectivity index (χ0) is 14.9. The van der Waals surface area contributed by atoms with Crippen LogP contribution in [0, 0.1) is 0 Å². The van der Waals surface area contributed by atoms with Gasteiger partial charge >= 0.3 is 0 Å². The van der Waals surface area contributed by atoms with Crippen molar-refractivity contribution in [2.45, 2.75) is 11.4 Å². The van der Waals surface area contributed by atoms with Gasteiger partial charge in [0.25, 0.3) is 10.0 Å². The molecule has 0 aromatic carbocycles. The minimum absolute atomic E-state index is 0.0211. The molecule has 0 radical (unpaired) electrons. The molecule has 110 valence electrons. The van der Waals surface area contributed by atoms with Crippen LogP contribution < -0.4 is 4.72 Å². The van der Waals surface area contributed by atoms with Gasteiger partial charge in [-0.25, -0.2) is 18.1 Å². The Morgan fingerprint density at radius 3 is 3.00 bits per heavy atom. The molecule has 1 N–H and O–H groups in total. The van der Waals surface area contributed by atoms with Crippen LogP contribution in [0.4, 0.5) is 0 Å². The Hall–Kier alpha value is -1.48. The van der Waals surface area contributed by atoms with Gasteiger partial charge in [-0.1, -0.05) is 17.7 Å². The number of nitrogens with zero attached hydrogens (tertiary/aromatic N) is 3. The van der Waals surface area contributed by atoms with Crippen LogP contribution in [-0.4, -0.2) is 29.3 Å². The molecule has 0 aliphatic rings. The number of halogens is 1. The molecule has 3 aromatic rings. The van der Waals surface area contributed by atoms with E-state index in [2.05, 4.69) is 14.7 Å². The van der Waals surface area contributed by atoms with Crippen LogP contribution in [0.25, 0.3) is 4.96 Å². The highest BCUT2D eigenvalue weighted by Gasteiger charge is 2.24. The first-order valence-corrected chi connectivity index (χ1v) is 8.82. The molecule has 0 saturated heterocycles. The Morgan fingerprint density at radius 1 is 1.38 bits per heavy atom. The van der Waals surface area contributed by atoms with E-state index >= 15 is 0 Å². The van der Waals surface area contributed by atoms with E-state index in [1.165, 1.54) is 15.7 Å². The number of fused-ring (bicyclic) bond motifs is 1. The summed E-state index contributed by atoms with van der Waals surface area (Å²) in [7, 11) is -3.72. The molecular formula is C12H11ClN4O2S2. The standard InChI is InChI=1S/C12H11ClN4O2S2/c13-10-11(17-7-8-20-12(17)16-10)21(18,19)15-6-4-9-3-1-2-5-14-9/h1-3,5,7-8,15H,4,6H2. The van der Waals surface area contributed by atoms with Gasteiger partial charge in [-0.3, -0.25) is 9.38 Å². The zero-order valence-electron chi connectivity index (χ0n) is 10.7. The van der Waals surface area contributed by atoms with Crippen molar-refractivity contribution in [1.82, 2.24) is 19.1 Å². The second-order valence-electron chi connectivity index (χ2n) is 4.23. The summed E-state index contributed by atoms with van der Waals surface area (Å²) < 4.78 is 28.7. The van der Waals surface area contributed by atoms with E-state index in [1.54, 1.807) is 17.8 Å². The van der Waals surface area contributed by atoms with Crippen molar-refractivity contribution in [2.24, 2.45) is 0 Å². The fourth-order valence-electron chi connectivity index (χ4n) is 1.91. The van der Waals surface area contributed by atoms with Gasteiger partial charge in [0.1, 0.15) is 0 Å². The summed E-state index contributed by atoms with van der Waals surface area (Å²) in [5.41, 5.74) is 0.820. The SMILES string of the molecule is O=S(=O)(NCCc1ccccn1)c1c(Cl)nc2sccn12. The van der Waals surface area contributed by atoms with Gasteiger partial charge in [-0.2, -0.15) is 0 Å². The molecule has 0 unspecified atom stereocenters. The van der Waals surface area contributed by atoms with Gasteiger partial charge in [0.2, 0.25) is 0 Å². The third kappa shape index (κ3) is 2.93. The van der Waals surface area contributed by atoms with Crippen molar-refractivity contribution in [3.05, 3.63) is 46.8 Å². The van der Waals surface area contributed by atoms with Crippen molar-refractivity contribution >= 4 is 37.9 Å². The van der Waals surface area contributed by atoms with E-state index in [0.29, 0.717) is 11.4 Å². The van der Waals surface area contributed by atoms with Crippen molar-refractivity contribution in [3.63, 3.8) is 0 Å². The Labute approximate surface area is 130 Å². The molecule has 0 atom stereocenters. The number of hydrogen-bond acceptors (Lipinski definition) is 5. The number of sulfonamides is 1. The summed E-state index contributed by atoms with van der Waals surface area (Å²) in [5.74, 6) is 0. The smallest absolute Gasteiger partial charge is 0.259 e. The maximum atomic E-state index is 12.3. The van der Waals surface area contributed by atoms with E-state index in [9.17, 15) is 8.42 Å². The van der Waals surface area contributed by atoms with Gasteiger partial charge in [0.05, 0.1) is 0 Å². The van der Waals surface area contributed by atoms with E-state index in [1.807, 2.05) is 18.2 Å². The predicted octanol–water partition coefficient (Wildman–Crippen LogP) is 1.97. The molecule has 21 heavy (non-hydrogen) atoms. The van der Waals surface area contributed by atoms with Crippen molar-refractivity contribution < 1.29 is 8.42 Å². The molecule has 0 spiro atoms. The van der Waals surface area contributed by atoms with E-state index in [4.69, 9.17) is 11.6 Å². The second-order valence-corrected chi connectivity index (χ2v) is 7.15. The zero-order valence-corrected chi connectivity index (χ0v) is 13.1. The van der Waals surface area contributed by atoms with Gasteiger partial charge in [0, 0.05) is 36.4 Å². The van der Waals surface area contributed by atoms with Crippen LogP contribution in [0.15, 0.2) is 41.0 Å². The normalized spacial score (nSPS) is 12.0. The van der Waals surface area contributed by atoms with Crippen molar-refractivity contribution in [2.75, 3.05) is 6.54 Å². The van der Waals surface area contributed by atoms with Gasteiger partial charge in [-0.05, 0) is 12.1 Å². The van der Waals surface area contributed by atoms with Gasteiger partial charge in [0.15, 0.2) is 15.1 Å². The number of imidazole rings is 1. The van der Waals surface area contributed by atoms with E-state index in [0.717, 1.165) is 5.69 Å². The molecule has 0 aliphatic carbocycles. The highest BCUT2D eigenvalue weighted by Crippen LogP contribution is 2.25. The number of pyridine rings is 1. The summed E-state index contributed by atoms with van der Waals surface area (Å²) in [4.78, 5) is 8.71. The lowest BCUT2D eigenvalue weighted by Gasteiger charge is -2.06. The number of aromatic nitrogens is 3. The lowest BCUT2D eigenvalue weighted by Crippen LogP contribution is -2.27. The maximum absolute atomic E-state index is 12.3. The topological polar surface area (TPSA) is 76.4 Å². The van der Waals surface area contributed by atoms with Crippen molar-refractivity contribution in [3.8, 4) is 0 Å².